The third-order valence-electron chi connectivity index (χ3n) is 6.51. The largest absolute Gasteiger partial charge is 0.438 e. The van der Waals surface area contributed by atoms with Gasteiger partial charge in [-0.3, -0.25) is 19.0 Å². The van der Waals surface area contributed by atoms with Gasteiger partial charge in [0.05, 0.1) is 5.56 Å². The van der Waals surface area contributed by atoms with Crippen molar-refractivity contribution in [3.63, 3.8) is 0 Å². The molecule has 2 amide bonds. The van der Waals surface area contributed by atoms with Crippen LogP contribution < -0.4 is 20.9 Å². The van der Waals surface area contributed by atoms with Gasteiger partial charge in [0.15, 0.2) is 4.67 Å². The maximum atomic E-state index is 13.3. The Hall–Kier alpha value is -5.62. The number of rotatable bonds is 7. The van der Waals surface area contributed by atoms with Gasteiger partial charge in [-0.05, 0) is 94.3 Å². The average Bonchev–Trinajstić information content (AvgIpc) is 3.35. The number of anilines is 2. The van der Waals surface area contributed by atoms with Gasteiger partial charge in [-0.25, -0.2) is 14.4 Å². The average molecular weight is 654 g/mol. The fourth-order valence-electron chi connectivity index (χ4n) is 4.56. The molecule has 0 aliphatic rings. The molecular formula is C32H21BrFN5O5. The van der Waals surface area contributed by atoms with E-state index in [1.165, 1.54) is 54.3 Å². The Bertz CT molecular complexity index is 2090. The van der Waals surface area contributed by atoms with Gasteiger partial charge in [0, 0.05) is 30.2 Å². The molecule has 6 aromatic rings. The SMILES string of the molecule is CC(=O)Nc1cccc(-c2c(Br)oc3ncnc(Oc4ccc(NC(=O)c5cccn(-c6ccc(F)cc6)c5=O)cc4)c23)c1. The molecule has 0 bridgehead atoms. The number of hydrogen-bond donors (Lipinski definition) is 2. The van der Waals surface area contributed by atoms with E-state index in [1.807, 2.05) is 6.07 Å². The van der Waals surface area contributed by atoms with Crippen LogP contribution in [0.2, 0.25) is 0 Å². The van der Waals surface area contributed by atoms with E-state index in [0.717, 1.165) is 5.56 Å². The third-order valence-corrected chi connectivity index (χ3v) is 7.06. The highest BCUT2D eigenvalue weighted by molar-refractivity contribution is 9.10. The van der Waals surface area contributed by atoms with Crippen LogP contribution in [0.4, 0.5) is 15.8 Å². The van der Waals surface area contributed by atoms with Crippen LogP contribution in [0.3, 0.4) is 0 Å². The van der Waals surface area contributed by atoms with E-state index >= 15 is 0 Å². The van der Waals surface area contributed by atoms with Crippen LogP contribution in [-0.4, -0.2) is 26.3 Å². The zero-order chi connectivity index (χ0) is 30.8. The van der Waals surface area contributed by atoms with Gasteiger partial charge >= 0.3 is 0 Å². The number of aromatic nitrogens is 3. The Kier molecular flexibility index (Phi) is 7.73. The van der Waals surface area contributed by atoms with Crippen molar-refractivity contribution in [3.8, 4) is 28.4 Å². The second-order valence-corrected chi connectivity index (χ2v) is 10.2. The number of nitrogens with zero attached hydrogens (tertiary/aromatic N) is 3. The van der Waals surface area contributed by atoms with Crippen molar-refractivity contribution < 1.29 is 23.1 Å². The number of halogens is 2. The molecule has 0 unspecified atom stereocenters. The molecule has 0 atom stereocenters. The molecular weight excluding hydrogens is 633 g/mol. The Morgan fingerprint density at radius 2 is 1.70 bits per heavy atom. The first-order valence-electron chi connectivity index (χ1n) is 13.1. The topological polar surface area (TPSA) is 128 Å². The number of ether oxygens (including phenoxy) is 1. The third kappa shape index (κ3) is 5.83. The minimum atomic E-state index is -0.605. The molecule has 10 nitrogen and oxygen atoms in total. The fourth-order valence-corrected chi connectivity index (χ4v) is 5.14. The van der Waals surface area contributed by atoms with E-state index in [1.54, 1.807) is 48.5 Å². The first-order chi connectivity index (χ1) is 21.3. The summed E-state index contributed by atoms with van der Waals surface area (Å²) >= 11 is 3.46. The number of benzene rings is 3. The number of hydrogen-bond acceptors (Lipinski definition) is 7. The number of pyridine rings is 1. The molecule has 2 N–H and O–H groups in total. The maximum Gasteiger partial charge on any atom is 0.267 e. The monoisotopic (exact) mass is 653 g/mol. The summed E-state index contributed by atoms with van der Waals surface area (Å²) in [6.45, 7) is 1.43. The fraction of sp³-hybridized carbons (Fsp3) is 0.0312. The van der Waals surface area contributed by atoms with Crippen LogP contribution in [0.5, 0.6) is 11.6 Å². The predicted molar refractivity (Wildman–Crippen MR) is 166 cm³/mol. The van der Waals surface area contributed by atoms with Crippen molar-refractivity contribution in [2.75, 3.05) is 10.6 Å². The first kappa shape index (κ1) is 28.5. The summed E-state index contributed by atoms with van der Waals surface area (Å²) in [4.78, 5) is 46.1. The summed E-state index contributed by atoms with van der Waals surface area (Å²) in [6, 6.07) is 22.1. The minimum absolute atomic E-state index is 0.0823. The molecule has 0 saturated heterocycles. The molecule has 0 radical (unpaired) electrons. The second-order valence-electron chi connectivity index (χ2n) is 9.53. The van der Waals surface area contributed by atoms with E-state index in [9.17, 15) is 18.8 Å². The van der Waals surface area contributed by atoms with E-state index in [-0.39, 0.29) is 17.4 Å². The smallest absolute Gasteiger partial charge is 0.267 e. The van der Waals surface area contributed by atoms with Gasteiger partial charge in [-0.15, -0.1) is 0 Å². The summed E-state index contributed by atoms with van der Waals surface area (Å²) in [6.07, 6.45) is 2.82. The van der Waals surface area contributed by atoms with Gasteiger partial charge in [0.2, 0.25) is 17.5 Å². The van der Waals surface area contributed by atoms with Crippen molar-refractivity contribution in [3.05, 3.63) is 124 Å². The number of carbonyl (C=O) groups is 2. The van der Waals surface area contributed by atoms with Gasteiger partial charge in [-0.2, -0.15) is 0 Å². The summed E-state index contributed by atoms with van der Waals surface area (Å²) < 4.78 is 26.9. The summed E-state index contributed by atoms with van der Waals surface area (Å²) in [5, 5.41) is 5.99. The van der Waals surface area contributed by atoms with Crippen molar-refractivity contribution >= 4 is 50.2 Å². The lowest BCUT2D eigenvalue weighted by atomic mass is 10.1. The predicted octanol–water partition coefficient (Wildman–Crippen LogP) is 6.95. The minimum Gasteiger partial charge on any atom is -0.438 e. The number of amides is 2. The van der Waals surface area contributed by atoms with E-state index in [4.69, 9.17) is 9.15 Å². The molecule has 6 rings (SSSR count). The lowest BCUT2D eigenvalue weighted by Gasteiger charge is -2.10. The molecule has 0 spiro atoms. The van der Waals surface area contributed by atoms with Crippen LogP contribution in [0, 0.1) is 5.82 Å². The van der Waals surface area contributed by atoms with Gasteiger partial charge in [0.25, 0.3) is 11.5 Å². The Morgan fingerprint density at radius 3 is 2.45 bits per heavy atom. The molecule has 44 heavy (non-hydrogen) atoms. The van der Waals surface area contributed by atoms with Gasteiger partial charge in [-0.1, -0.05) is 12.1 Å². The number of fused-ring (bicyclic) bond motifs is 1. The van der Waals surface area contributed by atoms with Crippen molar-refractivity contribution in [2.24, 2.45) is 0 Å². The zero-order valence-corrected chi connectivity index (χ0v) is 24.5. The van der Waals surface area contributed by atoms with Crippen LogP contribution in [0.25, 0.3) is 27.9 Å². The Balaban J connectivity index is 1.24. The van der Waals surface area contributed by atoms with Crippen LogP contribution in [0.1, 0.15) is 17.3 Å². The summed E-state index contributed by atoms with van der Waals surface area (Å²) in [5.41, 5.74) is 2.50. The van der Waals surface area contributed by atoms with Crippen molar-refractivity contribution in [1.82, 2.24) is 14.5 Å². The number of carbonyl (C=O) groups excluding carboxylic acids is 2. The molecule has 0 aliphatic carbocycles. The Morgan fingerprint density at radius 1 is 0.932 bits per heavy atom. The molecule has 3 heterocycles. The lowest BCUT2D eigenvalue weighted by molar-refractivity contribution is -0.114. The quantitative estimate of drug-likeness (QED) is 0.191. The molecule has 3 aromatic carbocycles. The van der Waals surface area contributed by atoms with Crippen molar-refractivity contribution in [2.45, 2.75) is 6.92 Å². The maximum absolute atomic E-state index is 13.3. The van der Waals surface area contributed by atoms with E-state index < -0.39 is 17.3 Å². The molecule has 0 saturated carbocycles. The van der Waals surface area contributed by atoms with Crippen LogP contribution in [0.15, 0.2) is 111 Å². The number of furan rings is 1. The molecule has 3 aromatic heterocycles. The van der Waals surface area contributed by atoms with E-state index in [2.05, 4.69) is 36.5 Å². The van der Waals surface area contributed by atoms with Gasteiger partial charge < -0.3 is 19.8 Å². The zero-order valence-electron chi connectivity index (χ0n) is 22.9. The number of nitrogens with one attached hydrogen (secondary N) is 2. The Labute approximate surface area is 257 Å². The normalized spacial score (nSPS) is 10.9. The molecule has 0 fully saturated rings. The molecule has 12 heteroatoms. The second kappa shape index (κ2) is 11.9. The highest BCUT2D eigenvalue weighted by Crippen LogP contribution is 2.42. The standard InChI is InChI=1S/C32H21BrFN5O5/c1-18(40)37-22-5-2-4-19(16-22)26-27-30(35-17-36-31(27)44-28(26)33)43-24-13-9-21(10-14-24)38-29(41)25-6-3-15-39(32(25)42)23-11-7-20(34)8-12-23/h2-17H,1H3,(H,37,40)(H,38,41). The van der Waals surface area contributed by atoms with E-state index in [0.29, 0.717) is 44.1 Å². The first-order valence-corrected chi connectivity index (χ1v) is 13.9. The van der Waals surface area contributed by atoms with Gasteiger partial charge in [0.1, 0.15) is 28.8 Å². The van der Waals surface area contributed by atoms with Crippen LogP contribution in [-0.2, 0) is 4.79 Å². The summed E-state index contributed by atoms with van der Waals surface area (Å²) in [7, 11) is 0. The highest BCUT2D eigenvalue weighted by Gasteiger charge is 2.21. The molecule has 0 aliphatic heterocycles. The highest BCUT2D eigenvalue weighted by atomic mass is 79.9. The molecule has 218 valence electrons. The van der Waals surface area contributed by atoms with Crippen molar-refractivity contribution in [1.29, 1.82) is 0 Å². The lowest BCUT2D eigenvalue weighted by Crippen LogP contribution is -2.27. The van der Waals surface area contributed by atoms with Crippen LogP contribution >= 0.6 is 15.9 Å². The summed E-state index contributed by atoms with van der Waals surface area (Å²) in [5.74, 6) is -0.592.